The molecule has 0 aromatic carbocycles. The van der Waals surface area contributed by atoms with E-state index in [1.807, 2.05) is 0 Å². The average molecular weight is 638 g/mol. The molecule has 0 radical (unpaired) electrons. The van der Waals surface area contributed by atoms with Crippen LogP contribution in [0, 0.1) is 0 Å². The fraction of sp³-hybridized carbons (Fsp3) is 1.00. The normalized spacial score (nSPS) is 10.6. The molecule has 7 nitrogen and oxygen atoms in total. The van der Waals surface area contributed by atoms with Crippen LogP contribution in [0.25, 0.3) is 0 Å². The van der Waals surface area contributed by atoms with E-state index in [0.29, 0.717) is 6.54 Å². The van der Waals surface area contributed by atoms with Gasteiger partial charge >= 0.3 is 0 Å². The van der Waals surface area contributed by atoms with Crippen LogP contribution in [0.15, 0.2) is 0 Å². The first-order valence-electron chi connectivity index (χ1n) is 13.9. The van der Waals surface area contributed by atoms with Crippen molar-refractivity contribution in [3.05, 3.63) is 0 Å². The van der Waals surface area contributed by atoms with Crippen molar-refractivity contribution in [2.75, 3.05) is 58.1 Å². The summed E-state index contributed by atoms with van der Waals surface area (Å²) >= 11 is 0. The van der Waals surface area contributed by atoms with Crippen molar-refractivity contribution < 1.29 is 8.42 Å². The van der Waals surface area contributed by atoms with Crippen molar-refractivity contribution in [2.24, 2.45) is 5.73 Å². The first kappa shape index (κ1) is 47.7. The highest BCUT2D eigenvalue weighted by Gasteiger charge is 2.08. The Labute approximate surface area is 254 Å². The van der Waals surface area contributed by atoms with Gasteiger partial charge in [0, 0.05) is 6.54 Å². The van der Waals surface area contributed by atoms with E-state index in [1.165, 1.54) is 57.8 Å². The maximum atomic E-state index is 12.1. The van der Waals surface area contributed by atoms with Crippen LogP contribution in [0.4, 0.5) is 0 Å². The minimum Gasteiger partial charge on any atom is -0.330 e. The topological polar surface area (TPSA) is 108 Å². The lowest BCUT2D eigenvalue weighted by Gasteiger charge is -2.08. The summed E-state index contributed by atoms with van der Waals surface area (Å²) in [5, 5.41) is 10.3. The lowest BCUT2D eigenvalue weighted by atomic mass is 10.1. The SMILES string of the molecule is CCCCCCCCCCCCS(=O)(=O)NCCCNCCCNCCCCNCCCN.Cl.Cl.Cl.Cl. The molecule has 0 unspecified atom stereocenters. The third-order valence-electron chi connectivity index (χ3n) is 5.84. The first-order chi connectivity index (χ1) is 16.1. The van der Waals surface area contributed by atoms with Crippen molar-refractivity contribution in [2.45, 2.75) is 103 Å². The smallest absolute Gasteiger partial charge is 0.211 e. The number of rotatable bonds is 28. The molecule has 0 saturated heterocycles. The van der Waals surface area contributed by atoms with Crippen molar-refractivity contribution in [1.29, 1.82) is 0 Å². The second kappa shape index (κ2) is 39.1. The quantitative estimate of drug-likeness (QED) is 0.0757. The van der Waals surface area contributed by atoms with Gasteiger partial charge in [-0.3, -0.25) is 0 Å². The van der Waals surface area contributed by atoms with Gasteiger partial charge in [-0.1, -0.05) is 64.7 Å². The van der Waals surface area contributed by atoms with Crippen molar-refractivity contribution in [1.82, 2.24) is 20.7 Å². The zero-order valence-electron chi connectivity index (χ0n) is 23.4. The lowest BCUT2D eigenvalue weighted by Crippen LogP contribution is -2.30. The fourth-order valence-electron chi connectivity index (χ4n) is 3.73. The van der Waals surface area contributed by atoms with E-state index in [4.69, 9.17) is 5.73 Å². The number of hydrogen-bond acceptors (Lipinski definition) is 6. The van der Waals surface area contributed by atoms with Gasteiger partial charge in [0.15, 0.2) is 0 Å². The molecule has 0 aromatic heterocycles. The first-order valence-corrected chi connectivity index (χ1v) is 15.6. The van der Waals surface area contributed by atoms with Gasteiger partial charge in [0.25, 0.3) is 0 Å². The Morgan fingerprint density at radius 2 is 0.865 bits per heavy atom. The molecule has 0 amide bonds. The van der Waals surface area contributed by atoms with Gasteiger partial charge in [-0.15, -0.1) is 49.6 Å². The van der Waals surface area contributed by atoms with Crippen LogP contribution in [-0.2, 0) is 10.0 Å². The van der Waals surface area contributed by atoms with Crippen LogP contribution in [0.5, 0.6) is 0 Å². The molecule has 0 atom stereocenters. The van der Waals surface area contributed by atoms with Gasteiger partial charge in [-0.05, 0) is 84.3 Å². The van der Waals surface area contributed by atoms with Gasteiger partial charge in [0.2, 0.25) is 10.0 Å². The molecule has 0 heterocycles. The number of unbranched alkanes of at least 4 members (excludes halogenated alkanes) is 10. The highest BCUT2D eigenvalue weighted by Crippen LogP contribution is 2.10. The molecule has 12 heteroatoms. The maximum absolute atomic E-state index is 12.1. The van der Waals surface area contributed by atoms with E-state index < -0.39 is 10.0 Å². The fourth-order valence-corrected chi connectivity index (χ4v) is 4.92. The molecule has 0 spiro atoms. The molecular weight excluding hydrogens is 576 g/mol. The Hall–Kier alpha value is 0.910. The Balaban J connectivity index is -0.000000853. The molecule has 6 N–H and O–H groups in total. The minimum absolute atomic E-state index is 0. The summed E-state index contributed by atoms with van der Waals surface area (Å²) in [7, 11) is -3.11. The van der Waals surface area contributed by atoms with Gasteiger partial charge in [-0.2, -0.15) is 0 Å². The van der Waals surface area contributed by atoms with E-state index in [0.717, 1.165) is 84.3 Å². The molecule has 0 aliphatic rings. The highest BCUT2D eigenvalue weighted by molar-refractivity contribution is 7.89. The monoisotopic (exact) mass is 635 g/mol. The molecule has 0 aliphatic heterocycles. The maximum Gasteiger partial charge on any atom is 0.211 e. The van der Waals surface area contributed by atoms with Gasteiger partial charge in [0.1, 0.15) is 0 Å². The third kappa shape index (κ3) is 41.5. The Morgan fingerprint density at radius 3 is 1.32 bits per heavy atom. The van der Waals surface area contributed by atoms with Crippen molar-refractivity contribution in [3.8, 4) is 0 Å². The zero-order chi connectivity index (χ0) is 24.3. The number of sulfonamides is 1. The van der Waals surface area contributed by atoms with Gasteiger partial charge in [-0.25, -0.2) is 13.1 Å². The summed E-state index contributed by atoms with van der Waals surface area (Å²) in [4.78, 5) is 0. The summed E-state index contributed by atoms with van der Waals surface area (Å²) in [6, 6.07) is 0. The van der Waals surface area contributed by atoms with Crippen LogP contribution in [-0.4, -0.2) is 66.5 Å². The standard InChI is InChI=1S/C25H57N5O2S.4ClH/c1-2-3-4-5-6-7-8-9-10-13-25-33(31,32)30-24-16-23-29-22-15-21-28-19-12-11-18-27-20-14-17-26;;;;/h27-30H,2-26H2,1H3;4*1H. The van der Waals surface area contributed by atoms with E-state index in [2.05, 4.69) is 27.6 Å². The summed E-state index contributed by atoms with van der Waals surface area (Å²) in [6.45, 7) is 9.56. The number of halogens is 4. The molecule has 232 valence electrons. The predicted octanol–water partition coefficient (Wildman–Crippen LogP) is 5.19. The molecule has 0 aromatic rings. The minimum atomic E-state index is -3.11. The van der Waals surface area contributed by atoms with Crippen LogP contribution in [0.2, 0.25) is 0 Å². The predicted molar refractivity (Wildman–Crippen MR) is 173 cm³/mol. The summed E-state index contributed by atoms with van der Waals surface area (Å²) in [6.07, 6.45) is 17.6. The Kier molecular flexibility index (Phi) is 50.3. The van der Waals surface area contributed by atoms with E-state index >= 15 is 0 Å². The zero-order valence-corrected chi connectivity index (χ0v) is 27.5. The summed E-state index contributed by atoms with van der Waals surface area (Å²) in [5.41, 5.74) is 5.46. The molecular formula is C25H61Cl4N5O2S. The molecule has 37 heavy (non-hydrogen) atoms. The van der Waals surface area contributed by atoms with Gasteiger partial charge in [0.05, 0.1) is 5.75 Å². The molecule has 0 bridgehead atoms. The average Bonchev–Trinajstić information content (AvgIpc) is 2.80. The number of nitrogens with one attached hydrogen (secondary N) is 4. The van der Waals surface area contributed by atoms with Gasteiger partial charge < -0.3 is 21.7 Å². The summed E-state index contributed by atoms with van der Waals surface area (Å²) in [5.74, 6) is 0.270. The van der Waals surface area contributed by atoms with E-state index in [1.54, 1.807) is 0 Å². The van der Waals surface area contributed by atoms with Crippen molar-refractivity contribution >= 4 is 59.7 Å². The second-order valence-electron chi connectivity index (χ2n) is 9.20. The van der Waals surface area contributed by atoms with E-state index in [-0.39, 0.29) is 55.4 Å². The van der Waals surface area contributed by atoms with E-state index in [9.17, 15) is 8.42 Å². The van der Waals surface area contributed by atoms with Crippen LogP contribution in [0.1, 0.15) is 103 Å². The van der Waals surface area contributed by atoms with Crippen molar-refractivity contribution in [3.63, 3.8) is 0 Å². The lowest BCUT2D eigenvalue weighted by molar-refractivity contribution is 0.546. The second-order valence-corrected chi connectivity index (χ2v) is 11.1. The highest BCUT2D eigenvalue weighted by atomic mass is 35.5. The Morgan fingerprint density at radius 1 is 0.486 bits per heavy atom. The number of nitrogens with two attached hydrogens (primary N) is 1. The molecule has 0 saturated carbocycles. The largest absolute Gasteiger partial charge is 0.330 e. The van der Waals surface area contributed by atoms with Crippen LogP contribution in [0.3, 0.4) is 0 Å². The molecule has 0 aliphatic carbocycles. The summed E-state index contributed by atoms with van der Waals surface area (Å²) < 4.78 is 26.9. The third-order valence-corrected chi connectivity index (χ3v) is 7.31. The van der Waals surface area contributed by atoms with Crippen LogP contribution < -0.4 is 26.4 Å². The Bertz CT molecular complexity index is 496. The molecule has 0 fully saturated rings. The molecule has 0 rings (SSSR count). The number of hydrogen-bond donors (Lipinski definition) is 5. The van der Waals surface area contributed by atoms with Crippen LogP contribution >= 0.6 is 49.6 Å².